The van der Waals surface area contributed by atoms with Gasteiger partial charge in [-0.3, -0.25) is 5.10 Å². The first-order chi connectivity index (χ1) is 10.3. The summed E-state index contributed by atoms with van der Waals surface area (Å²) in [5, 5.41) is 10.8. The summed E-state index contributed by atoms with van der Waals surface area (Å²) < 4.78 is 0. The van der Waals surface area contributed by atoms with Crippen molar-refractivity contribution in [2.24, 2.45) is 0 Å². The Morgan fingerprint density at radius 1 is 1.38 bits per heavy atom. The summed E-state index contributed by atoms with van der Waals surface area (Å²) in [4.78, 5) is 0. The molecular weight excluding hydrogens is 278 g/mol. The summed E-state index contributed by atoms with van der Waals surface area (Å²) in [7, 11) is 0. The van der Waals surface area contributed by atoms with Crippen molar-refractivity contribution in [2.75, 3.05) is 18.1 Å². The van der Waals surface area contributed by atoms with Gasteiger partial charge in [-0.15, -0.1) is 0 Å². The SMILES string of the molecule is Cc1[nH]ncc1CCCN[C@@H]1CSCCc2ccccc21. The molecule has 1 aliphatic heterocycles. The number of H-pyrrole nitrogens is 1. The molecular formula is C17H23N3S. The summed E-state index contributed by atoms with van der Waals surface area (Å²) in [6.45, 7) is 3.15. The highest BCUT2D eigenvalue weighted by Gasteiger charge is 2.17. The maximum atomic E-state index is 4.08. The zero-order valence-corrected chi connectivity index (χ0v) is 13.4. The number of fused-ring (bicyclic) bond motifs is 1. The predicted molar refractivity (Wildman–Crippen MR) is 89.9 cm³/mol. The molecule has 0 saturated heterocycles. The number of nitrogens with zero attached hydrogens (tertiary/aromatic N) is 1. The van der Waals surface area contributed by atoms with E-state index in [0.29, 0.717) is 6.04 Å². The predicted octanol–water partition coefficient (Wildman–Crippen LogP) is 3.27. The molecule has 1 atom stereocenters. The van der Waals surface area contributed by atoms with Gasteiger partial charge in [0.25, 0.3) is 0 Å². The lowest BCUT2D eigenvalue weighted by Crippen LogP contribution is -2.25. The third kappa shape index (κ3) is 3.69. The van der Waals surface area contributed by atoms with Crippen molar-refractivity contribution >= 4 is 11.8 Å². The van der Waals surface area contributed by atoms with Crippen LogP contribution in [0.3, 0.4) is 0 Å². The number of aromatic amines is 1. The Morgan fingerprint density at radius 3 is 3.14 bits per heavy atom. The fourth-order valence-electron chi connectivity index (χ4n) is 2.93. The van der Waals surface area contributed by atoms with Crippen LogP contribution in [0.5, 0.6) is 0 Å². The van der Waals surface area contributed by atoms with Gasteiger partial charge in [-0.25, -0.2) is 0 Å². The third-order valence-electron chi connectivity index (χ3n) is 4.18. The van der Waals surface area contributed by atoms with Gasteiger partial charge in [0, 0.05) is 17.5 Å². The van der Waals surface area contributed by atoms with Crippen LogP contribution < -0.4 is 5.32 Å². The van der Waals surface area contributed by atoms with Gasteiger partial charge in [0.2, 0.25) is 0 Å². The Bertz CT molecular complexity index is 579. The second-order valence-electron chi connectivity index (χ2n) is 5.65. The number of hydrogen-bond donors (Lipinski definition) is 2. The molecule has 112 valence electrons. The largest absolute Gasteiger partial charge is 0.309 e. The number of benzene rings is 1. The van der Waals surface area contributed by atoms with Crippen molar-refractivity contribution in [3.05, 3.63) is 52.8 Å². The fourth-order valence-corrected chi connectivity index (χ4v) is 3.99. The highest BCUT2D eigenvalue weighted by atomic mass is 32.2. The van der Waals surface area contributed by atoms with Crippen LogP contribution in [0.4, 0.5) is 0 Å². The number of aryl methyl sites for hydroxylation is 3. The Morgan fingerprint density at radius 2 is 2.29 bits per heavy atom. The summed E-state index contributed by atoms with van der Waals surface area (Å²) >= 11 is 2.06. The van der Waals surface area contributed by atoms with Crippen LogP contribution >= 0.6 is 11.8 Å². The van der Waals surface area contributed by atoms with Gasteiger partial charge in [-0.1, -0.05) is 24.3 Å². The number of aromatic nitrogens is 2. The van der Waals surface area contributed by atoms with Crippen molar-refractivity contribution in [1.82, 2.24) is 15.5 Å². The summed E-state index contributed by atoms with van der Waals surface area (Å²) in [6.07, 6.45) is 5.40. The molecule has 2 heterocycles. The molecule has 4 heteroatoms. The minimum absolute atomic E-state index is 0.499. The number of thioether (sulfide) groups is 1. The average Bonchev–Trinajstić information content (AvgIpc) is 2.80. The Balaban J connectivity index is 1.54. The third-order valence-corrected chi connectivity index (χ3v) is 5.24. The first kappa shape index (κ1) is 14.7. The van der Waals surface area contributed by atoms with Crippen LogP contribution in [-0.2, 0) is 12.8 Å². The minimum Gasteiger partial charge on any atom is -0.309 e. The average molecular weight is 301 g/mol. The highest BCUT2D eigenvalue weighted by molar-refractivity contribution is 7.99. The van der Waals surface area contributed by atoms with Gasteiger partial charge in [0.1, 0.15) is 0 Å². The molecule has 21 heavy (non-hydrogen) atoms. The van der Waals surface area contributed by atoms with E-state index in [-0.39, 0.29) is 0 Å². The normalized spacial score (nSPS) is 18.2. The van der Waals surface area contributed by atoms with Gasteiger partial charge in [-0.2, -0.15) is 16.9 Å². The van der Waals surface area contributed by atoms with Gasteiger partial charge in [-0.05, 0) is 55.2 Å². The molecule has 0 fully saturated rings. The molecule has 1 aromatic heterocycles. The Labute approximate surface area is 130 Å². The summed E-state index contributed by atoms with van der Waals surface area (Å²) in [5.74, 6) is 2.42. The van der Waals surface area contributed by atoms with E-state index in [1.165, 1.54) is 40.3 Å². The summed E-state index contributed by atoms with van der Waals surface area (Å²) in [6, 6.07) is 9.40. The van der Waals surface area contributed by atoms with Crippen LogP contribution in [0.25, 0.3) is 0 Å². The van der Waals surface area contributed by atoms with Crippen LogP contribution in [-0.4, -0.2) is 28.2 Å². The molecule has 0 bridgehead atoms. The van der Waals surface area contributed by atoms with Crippen molar-refractivity contribution in [2.45, 2.75) is 32.2 Å². The van der Waals surface area contributed by atoms with Crippen LogP contribution in [0, 0.1) is 6.92 Å². The van der Waals surface area contributed by atoms with Crippen LogP contribution in [0.15, 0.2) is 30.5 Å². The van der Waals surface area contributed by atoms with Crippen LogP contribution in [0.2, 0.25) is 0 Å². The van der Waals surface area contributed by atoms with E-state index in [1.807, 2.05) is 6.20 Å². The van der Waals surface area contributed by atoms with Crippen molar-refractivity contribution in [1.29, 1.82) is 0 Å². The number of hydrogen-bond acceptors (Lipinski definition) is 3. The van der Waals surface area contributed by atoms with E-state index in [4.69, 9.17) is 0 Å². The zero-order valence-electron chi connectivity index (χ0n) is 12.6. The first-order valence-corrected chi connectivity index (χ1v) is 8.88. The second kappa shape index (κ2) is 7.14. The van der Waals surface area contributed by atoms with E-state index in [0.717, 1.165) is 19.4 Å². The maximum absolute atomic E-state index is 4.08. The number of nitrogens with one attached hydrogen (secondary N) is 2. The lowest BCUT2D eigenvalue weighted by atomic mass is 9.99. The molecule has 2 N–H and O–H groups in total. The fraction of sp³-hybridized carbons (Fsp3) is 0.471. The van der Waals surface area contributed by atoms with Crippen molar-refractivity contribution < 1.29 is 0 Å². The molecule has 2 aromatic rings. The van der Waals surface area contributed by atoms with Crippen LogP contribution in [0.1, 0.15) is 34.8 Å². The van der Waals surface area contributed by atoms with Gasteiger partial charge in [0.15, 0.2) is 0 Å². The van der Waals surface area contributed by atoms with Crippen molar-refractivity contribution in [3.8, 4) is 0 Å². The lowest BCUT2D eigenvalue weighted by molar-refractivity contribution is 0.563. The Hall–Kier alpha value is -1.26. The smallest absolute Gasteiger partial charge is 0.0522 e. The number of rotatable bonds is 5. The molecule has 1 aliphatic rings. The van der Waals surface area contributed by atoms with E-state index >= 15 is 0 Å². The molecule has 0 aliphatic carbocycles. The molecule has 0 amide bonds. The molecule has 0 saturated carbocycles. The minimum atomic E-state index is 0.499. The van der Waals surface area contributed by atoms with E-state index in [2.05, 4.69) is 58.5 Å². The van der Waals surface area contributed by atoms with Gasteiger partial charge < -0.3 is 5.32 Å². The molecule has 0 radical (unpaired) electrons. The van der Waals surface area contributed by atoms with Gasteiger partial charge >= 0.3 is 0 Å². The molecule has 3 nitrogen and oxygen atoms in total. The van der Waals surface area contributed by atoms with E-state index in [9.17, 15) is 0 Å². The second-order valence-corrected chi connectivity index (χ2v) is 6.80. The van der Waals surface area contributed by atoms with Crippen molar-refractivity contribution in [3.63, 3.8) is 0 Å². The van der Waals surface area contributed by atoms with E-state index in [1.54, 1.807) is 0 Å². The maximum Gasteiger partial charge on any atom is 0.0522 e. The topological polar surface area (TPSA) is 40.7 Å². The molecule has 0 unspecified atom stereocenters. The van der Waals surface area contributed by atoms with Gasteiger partial charge in [0.05, 0.1) is 6.20 Å². The molecule has 3 rings (SSSR count). The first-order valence-electron chi connectivity index (χ1n) is 7.72. The highest BCUT2D eigenvalue weighted by Crippen LogP contribution is 2.27. The zero-order chi connectivity index (χ0) is 14.5. The molecule has 0 spiro atoms. The quantitative estimate of drug-likeness (QED) is 0.833. The van der Waals surface area contributed by atoms with E-state index < -0.39 is 0 Å². The standard InChI is InChI=1S/C17H23N3S/c1-13-15(11-19-20-13)6-4-9-18-17-12-21-10-8-14-5-2-3-7-16(14)17/h2-3,5,7,11,17-18H,4,6,8-10,12H2,1H3,(H,19,20)/t17-/m1/s1. The Kier molecular flexibility index (Phi) is 4.99. The summed E-state index contributed by atoms with van der Waals surface area (Å²) in [5.41, 5.74) is 5.56. The lowest BCUT2D eigenvalue weighted by Gasteiger charge is -2.19. The monoisotopic (exact) mass is 301 g/mol. The molecule has 1 aromatic carbocycles.